The fraction of sp³-hybridized carbons (Fsp3) is 0.231. The number of rotatable bonds is 8. The minimum atomic E-state index is -3.28. The predicted octanol–water partition coefficient (Wildman–Crippen LogP) is 3.91. The summed E-state index contributed by atoms with van der Waals surface area (Å²) in [7, 11) is -3.28. The number of amides is 2. The van der Waals surface area contributed by atoms with Crippen LogP contribution in [-0.2, 0) is 32.4 Å². The van der Waals surface area contributed by atoms with Crippen molar-refractivity contribution in [2.45, 2.75) is 31.7 Å². The number of nitrogens with one attached hydrogen (secondary N) is 2. The summed E-state index contributed by atoms with van der Waals surface area (Å²) in [5, 5.41) is 7.65. The molecular formula is C26H27N3O4S. The fourth-order valence-corrected chi connectivity index (χ4v) is 4.97. The number of aromatic nitrogens is 1. The molecule has 0 saturated carbocycles. The fourth-order valence-electron chi connectivity index (χ4n) is 4.09. The van der Waals surface area contributed by atoms with Gasteiger partial charge in [0, 0.05) is 34.0 Å². The average Bonchev–Trinajstić information content (AvgIpc) is 3.16. The second kappa shape index (κ2) is 9.69. The lowest BCUT2D eigenvalue weighted by molar-refractivity contribution is -0.123. The Bertz CT molecular complexity index is 1470. The lowest BCUT2D eigenvalue weighted by Gasteiger charge is -2.08. The minimum absolute atomic E-state index is 0.0233. The van der Waals surface area contributed by atoms with Gasteiger partial charge in [-0.15, -0.1) is 0 Å². The van der Waals surface area contributed by atoms with Gasteiger partial charge in [0.15, 0.2) is 9.84 Å². The summed E-state index contributed by atoms with van der Waals surface area (Å²) in [5.74, 6) is -0.616. The highest BCUT2D eigenvalue weighted by molar-refractivity contribution is 7.91. The molecule has 3 aromatic carbocycles. The molecule has 2 amide bonds. The van der Waals surface area contributed by atoms with E-state index in [4.69, 9.17) is 0 Å². The van der Waals surface area contributed by atoms with Crippen molar-refractivity contribution >= 4 is 49.1 Å². The van der Waals surface area contributed by atoms with E-state index in [1.807, 2.05) is 30.3 Å². The highest BCUT2D eigenvalue weighted by Crippen LogP contribution is 2.30. The smallest absolute Gasteiger partial charge is 0.243 e. The first-order valence-corrected chi connectivity index (χ1v) is 12.9. The third-order valence-electron chi connectivity index (χ3n) is 5.85. The molecule has 0 atom stereocenters. The van der Waals surface area contributed by atoms with Gasteiger partial charge in [0.1, 0.15) is 0 Å². The molecule has 1 heterocycles. The Kier molecular flexibility index (Phi) is 6.70. The normalized spacial score (nSPS) is 11.6. The van der Waals surface area contributed by atoms with Gasteiger partial charge in [-0.1, -0.05) is 37.3 Å². The summed E-state index contributed by atoms with van der Waals surface area (Å²) in [6, 6.07) is 20.2. The number of hydrogen-bond acceptors (Lipinski definition) is 4. The molecule has 0 aliphatic rings. The molecule has 0 spiro atoms. The van der Waals surface area contributed by atoms with Crippen molar-refractivity contribution in [2.24, 2.45) is 0 Å². The van der Waals surface area contributed by atoms with E-state index >= 15 is 0 Å². The number of para-hydroxylation sites is 1. The molecule has 34 heavy (non-hydrogen) atoms. The van der Waals surface area contributed by atoms with E-state index in [2.05, 4.69) is 34.3 Å². The molecular weight excluding hydrogens is 450 g/mol. The predicted molar refractivity (Wildman–Crippen MR) is 135 cm³/mol. The van der Waals surface area contributed by atoms with Crippen LogP contribution in [0.1, 0.15) is 19.4 Å². The summed E-state index contributed by atoms with van der Waals surface area (Å²) in [6.45, 7) is 4.38. The number of carbonyl (C=O) groups is 2. The molecule has 0 fully saturated rings. The lowest BCUT2D eigenvalue weighted by Crippen LogP contribution is -2.33. The Morgan fingerprint density at radius 3 is 2.26 bits per heavy atom. The quantitative estimate of drug-likeness (QED) is 0.402. The second-order valence-electron chi connectivity index (χ2n) is 8.04. The molecule has 0 bridgehead atoms. The molecule has 8 heteroatoms. The number of aryl methyl sites for hydroxylation is 1. The Balaban J connectivity index is 1.37. The Morgan fingerprint density at radius 1 is 0.853 bits per heavy atom. The van der Waals surface area contributed by atoms with E-state index in [0.29, 0.717) is 11.3 Å². The van der Waals surface area contributed by atoms with Crippen molar-refractivity contribution < 1.29 is 18.0 Å². The van der Waals surface area contributed by atoms with E-state index in [1.165, 1.54) is 12.1 Å². The van der Waals surface area contributed by atoms with Crippen molar-refractivity contribution in [2.75, 3.05) is 17.6 Å². The van der Waals surface area contributed by atoms with Crippen LogP contribution in [-0.4, -0.2) is 37.1 Å². The van der Waals surface area contributed by atoms with Gasteiger partial charge in [-0.05, 0) is 48.9 Å². The van der Waals surface area contributed by atoms with Crippen LogP contribution in [0.3, 0.4) is 0 Å². The number of carbonyl (C=O) groups excluding carboxylic acids is 2. The van der Waals surface area contributed by atoms with E-state index < -0.39 is 9.84 Å². The summed E-state index contributed by atoms with van der Waals surface area (Å²) >= 11 is 0. The molecule has 7 nitrogen and oxygen atoms in total. The van der Waals surface area contributed by atoms with Crippen LogP contribution in [0.5, 0.6) is 0 Å². The highest BCUT2D eigenvalue weighted by Gasteiger charge is 2.13. The Hall–Kier alpha value is -3.65. The number of anilines is 1. The minimum Gasteiger partial charge on any atom is -0.347 e. The number of sulfone groups is 1. The number of nitrogens with zero attached hydrogens (tertiary/aromatic N) is 1. The van der Waals surface area contributed by atoms with Crippen molar-refractivity contribution in [1.82, 2.24) is 9.88 Å². The zero-order valence-corrected chi connectivity index (χ0v) is 20.0. The zero-order valence-electron chi connectivity index (χ0n) is 19.2. The maximum atomic E-state index is 12.4. The van der Waals surface area contributed by atoms with Gasteiger partial charge in [-0.2, -0.15) is 0 Å². The molecule has 1 aromatic heterocycles. The van der Waals surface area contributed by atoms with Crippen molar-refractivity contribution in [1.29, 1.82) is 0 Å². The largest absolute Gasteiger partial charge is 0.347 e. The Labute approximate surface area is 198 Å². The third-order valence-corrected chi connectivity index (χ3v) is 7.60. The standard InChI is InChI=1S/C26H27N3O4S/c1-3-29-23-8-6-5-7-21(23)22-16-19(11-14-24(22)29)28-26(31)17-27-25(30)15-18-9-12-20(13-10-18)34(32,33)4-2/h5-14,16H,3-4,15,17H2,1-2H3,(H,27,30)(H,28,31). The van der Waals surface area contributed by atoms with Crippen LogP contribution >= 0.6 is 0 Å². The monoisotopic (exact) mass is 477 g/mol. The topological polar surface area (TPSA) is 97.3 Å². The van der Waals surface area contributed by atoms with Gasteiger partial charge in [0.2, 0.25) is 11.8 Å². The molecule has 0 aliphatic heterocycles. The lowest BCUT2D eigenvalue weighted by atomic mass is 10.1. The maximum Gasteiger partial charge on any atom is 0.243 e. The van der Waals surface area contributed by atoms with E-state index in [-0.39, 0.29) is 35.4 Å². The SMILES string of the molecule is CCn1c2ccccc2c2cc(NC(=O)CNC(=O)Cc3ccc(S(=O)(=O)CC)cc3)ccc21. The summed E-state index contributed by atoms with van der Waals surface area (Å²) in [6.07, 6.45) is 0.0578. The van der Waals surface area contributed by atoms with Crippen LogP contribution < -0.4 is 10.6 Å². The van der Waals surface area contributed by atoms with Crippen molar-refractivity contribution in [3.05, 3.63) is 72.3 Å². The van der Waals surface area contributed by atoms with E-state index in [1.54, 1.807) is 19.1 Å². The molecule has 0 radical (unpaired) electrons. The Morgan fingerprint density at radius 2 is 1.56 bits per heavy atom. The molecule has 0 unspecified atom stereocenters. The first kappa shape index (κ1) is 23.5. The van der Waals surface area contributed by atoms with Crippen LogP contribution in [0.15, 0.2) is 71.6 Å². The second-order valence-corrected chi connectivity index (χ2v) is 10.3. The number of hydrogen-bond donors (Lipinski definition) is 2. The van der Waals surface area contributed by atoms with E-state index in [0.717, 1.165) is 28.4 Å². The summed E-state index contributed by atoms with van der Waals surface area (Å²) < 4.78 is 26.0. The van der Waals surface area contributed by atoms with Crippen LogP contribution in [0.4, 0.5) is 5.69 Å². The number of fused-ring (bicyclic) bond motifs is 3. The average molecular weight is 478 g/mol. The molecule has 4 aromatic rings. The first-order valence-electron chi connectivity index (χ1n) is 11.2. The maximum absolute atomic E-state index is 12.4. The molecule has 176 valence electrons. The van der Waals surface area contributed by atoms with Crippen LogP contribution in [0.2, 0.25) is 0 Å². The first-order chi connectivity index (χ1) is 16.3. The van der Waals surface area contributed by atoms with Gasteiger partial charge in [-0.3, -0.25) is 9.59 Å². The molecule has 0 aliphatic carbocycles. The highest BCUT2D eigenvalue weighted by atomic mass is 32.2. The van der Waals surface area contributed by atoms with Gasteiger partial charge in [0.25, 0.3) is 0 Å². The zero-order chi connectivity index (χ0) is 24.3. The summed E-state index contributed by atoms with van der Waals surface area (Å²) in [5.41, 5.74) is 3.59. The van der Waals surface area contributed by atoms with Crippen molar-refractivity contribution in [3.63, 3.8) is 0 Å². The van der Waals surface area contributed by atoms with Crippen LogP contribution in [0.25, 0.3) is 21.8 Å². The van der Waals surface area contributed by atoms with E-state index in [9.17, 15) is 18.0 Å². The third kappa shape index (κ3) is 4.82. The summed E-state index contributed by atoms with van der Waals surface area (Å²) in [4.78, 5) is 24.9. The molecule has 0 saturated heterocycles. The van der Waals surface area contributed by atoms with Crippen molar-refractivity contribution in [3.8, 4) is 0 Å². The van der Waals surface area contributed by atoms with Gasteiger partial charge in [-0.25, -0.2) is 8.42 Å². The number of benzene rings is 3. The van der Waals surface area contributed by atoms with Crippen LogP contribution in [0, 0.1) is 0 Å². The van der Waals surface area contributed by atoms with Gasteiger partial charge < -0.3 is 15.2 Å². The van der Waals surface area contributed by atoms with Gasteiger partial charge in [0.05, 0.1) is 23.6 Å². The van der Waals surface area contributed by atoms with Gasteiger partial charge >= 0.3 is 0 Å². The molecule has 2 N–H and O–H groups in total. The molecule has 4 rings (SSSR count).